The van der Waals surface area contributed by atoms with E-state index in [2.05, 4.69) is 64.0 Å². The number of nitrogens with two attached hydrogens (primary N) is 1. The van der Waals surface area contributed by atoms with Gasteiger partial charge in [0, 0.05) is 5.56 Å². The molecule has 0 aliphatic carbocycles. The van der Waals surface area contributed by atoms with Crippen molar-refractivity contribution in [2.75, 3.05) is 0 Å². The number of aromatic amines is 1. The molecule has 4 nitrogen and oxygen atoms in total. The molecule has 0 unspecified atom stereocenters. The van der Waals surface area contributed by atoms with Crippen molar-refractivity contribution >= 4 is 22.2 Å². The summed E-state index contributed by atoms with van der Waals surface area (Å²) in [6.45, 7) is 2.70. The van der Waals surface area contributed by atoms with Crippen LogP contribution in [-0.2, 0) is 6.54 Å². The smallest absolute Gasteiger partial charge is 0.258 e. The lowest BCUT2D eigenvalue weighted by molar-refractivity contribution is -0.702. The van der Waals surface area contributed by atoms with Crippen molar-refractivity contribution in [1.29, 1.82) is 0 Å². The summed E-state index contributed by atoms with van der Waals surface area (Å²) in [5.74, 6) is 0.697. The lowest BCUT2D eigenvalue weighted by Gasteiger charge is -2.15. The molecular weight excluding hydrogens is 342 g/mol. The molecule has 130 valence electrons. The minimum absolute atomic E-state index is 0.0815. The summed E-state index contributed by atoms with van der Waals surface area (Å²) in [6, 6.07) is 20.5. The molecule has 0 spiro atoms. The van der Waals surface area contributed by atoms with Crippen LogP contribution in [0.15, 0.2) is 70.8 Å². The normalized spacial score (nSPS) is 12.3. The van der Waals surface area contributed by atoms with Crippen LogP contribution in [0.5, 0.6) is 0 Å². The standard InChI is InChI=1S/C21H19N3OS/c1-14-8-10-15(11-9-14)20(18-7-4-12-26-18)22-13-19-23-17-6-3-2-5-16(17)21(25)24-19/h2-12,20,22H,13H2,1H3,(H,23,24,25)/p+1/t20-/m0/s1. The average molecular weight is 362 g/mol. The number of quaternary nitrogens is 1. The van der Waals surface area contributed by atoms with Gasteiger partial charge in [-0.05, 0) is 30.5 Å². The highest BCUT2D eigenvalue weighted by molar-refractivity contribution is 7.10. The largest absolute Gasteiger partial charge is 0.329 e. The van der Waals surface area contributed by atoms with Crippen molar-refractivity contribution in [2.45, 2.75) is 19.5 Å². The van der Waals surface area contributed by atoms with Crippen LogP contribution in [0.2, 0.25) is 0 Å². The molecular formula is C21H20N3OS+. The van der Waals surface area contributed by atoms with Gasteiger partial charge in [-0.15, -0.1) is 11.3 Å². The summed E-state index contributed by atoms with van der Waals surface area (Å²) >= 11 is 1.75. The number of hydrogen-bond donors (Lipinski definition) is 2. The minimum Gasteiger partial charge on any atom is -0.329 e. The van der Waals surface area contributed by atoms with Crippen LogP contribution in [0, 0.1) is 6.92 Å². The Balaban J connectivity index is 1.63. The summed E-state index contributed by atoms with van der Waals surface area (Å²) in [5, 5.41) is 4.95. The van der Waals surface area contributed by atoms with Crippen LogP contribution in [0.4, 0.5) is 0 Å². The molecule has 0 aliphatic rings. The minimum atomic E-state index is -0.0815. The highest BCUT2D eigenvalue weighted by Crippen LogP contribution is 2.23. The first-order chi connectivity index (χ1) is 12.7. The quantitative estimate of drug-likeness (QED) is 0.573. The van der Waals surface area contributed by atoms with Gasteiger partial charge in [0.05, 0.1) is 15.8 Å². The molecule has 2 aromatic carbocycles. The highest BCUT2D eigenvalue weighted by atomic mass is 32.1. The van der Waals surface area contributed by atoms with Crippen LogP contribution >= 0.6 is 11.3 Å². The van der Waals surface area contributed by atoms with Crippen molar-refractivity contribution in [2.24, 2.45) is 0 Å². The second kappa shape index (κ2) is 7.23. The first-order valence-electron chi connectivity index (χ1n) is 8.62. The monoisotopic (exact) mass is 362 g/mol. The predicted octanol–water partition coefficient (Wildman–Crippen LogP) is 3.15. The number of fused-ring (bicyclic) bond motifs is 1. The molecule has 0 radical (unpaired) electrons. The summed E-state index contributed by atoms with van der Waals surface area (Å²) in [5.41, 5.74) is 3.16. The van der Waals surface area contributed by atoms with Gasteiger partial charge in [0.25, 0.3) is 5.56 Å². The zero-order chi connectivity index (χ0) is 17.9. The Bertz CT molecular complexity index is 1070. The Morgan fingerprint density at radius 2 is 1.88 bits per heavy atom. The van der Waals surface area contributed by atoms with Crippen LogP contribution in [0.1, 0.15) is 27.9 Å². The third-order valence-electron chi connectivity index (χ3n) is 4.49. The van der Waals surface area contributed by atoms with Gasteiger partial charge in [-0.25, -0.2) is 4.98 Å². The number of benzene rings is 2. The van der Waals surface area contributed by atoms with E-state index in [1.54, 1.807) is 17.4 Å². The maximum absolute atomic E-state index is 12.3. The second-order valence-corrected chi connectivity index (χ2v) is 7.35. The van der Waals surface area contributed by atoms with Crippen molar-refractivity contribution in [3.63, 3.8) is 0 Å². The predicted molar refractivity (Wildman–Crippen MR) is 105 cm³/mol. The molecule has 4 rings (SSSR count). The lowest BCUT2D eigenvalue weighted by atomic mass is 10.0. The van der Waals surface area contributed by atoms with Crippen molar-refractivity contribution in [1.82, 2.24) is 9.97 Å². The molecule has 4 aromatic rings. The van der Waals surface area contributed by atoms with Crippen molar-refractivity contribution < 1.29 is 5.32 Å². The molecule has 26 heavy (non-hydrogen) atoms. The van der Waals surface area contributed by atoms with E-state index in [1.165, 1.54) is 16.0 Å². The topological polar surface area (TPSA) is 62.4 Å². The third-order valence-corrected chi connectivity index (χ3v) is 5.45. The van der Waals surface area contributed by atoms with E-state index in [-0.39, 0.29) is 11.6 Å². The van der Waals surface area contributed by atoms with E-state index in [9.17, 15) is 4.79 Å². The Labute approximate surface area is 155 Å². The number of hydrogen-bond acceptors (Lipinski definition) is 3. The third kappa shape index (κ3) is 3.45. The van der Waals surface area contributed by atoms with Gasteiger partial charge in [-0.3, -0.25) is 4.79 Å². The summed E-state index contributed by atoms with van der Waals surface area (Å²) in [6.07, 6.45) is 0. The zero-order valence-electron chi connectivity index (χ0n) is 14.5. The first-order valence-corrected chi connectivity index (χ1v) is 9.50. The number of nitrogens with zero attached hydrogens (tertiary/aromatic N) is 1. The number of aryl methyl sites for hydroxylation is 1. The van der Waals surface area contributed by atoms with E-state index in [1.807, 2.05) is 18.2 Å². The van der Waals surface area contributed by atoms with Gasteiger partial charge in [0.1, 0.15) is 12.6 Å². The molecule has 1 atom stereocenters. The summed E-state index contributed by atoms with van der Waals surface area (Å²) in [4.78, 5) is 21.1. The maximum Gasteiger partial charge on any atom is 0.258 e. The Kier molecular flexibility index (Phi) is 4.65. The summed E-state index contributed by atoms with van der Waals surface area (Å²) < 4.78 is 0. The number of rotatable bonds is 5. The van der Waals surface area contributed by atoms with Crippen molar-refractivity contribution in [3.05, 3.63) is 98.2 Å². The molecule has 0 amide bonds. The van der Waals surface area contributed by atoms with E-state index < -0.39 is 0 Å². The van der Waals surface area contributed by atoms with Crippen LogP contribution < -0.4 is 10.9 Å². The Morgan fingerprint density at radius 3 is 2.65 bits per heavy atom. The second-order valence-electron chi connectivity index (χ2n) is 6.37. The first kappa shape index (κ1) is 16.7. The number of nitrogens with one attached hydrogen (secondary N) is 1. The molecule has 0 saturated carbocycles. The van der Waals surface area contributed by atoms with Gasteiger partial charge in [-0.2, -0.15) is 0 Å². The maximum atomic E-state index is 12.3. The number of thiophene rings is 1. The number of para-hydroxylation sites is 1. The number of aromatic nitrogens is 2. The van der Waals surface area contributed by atoms with Crippen LogP contribution in [0.25, 0.3) is 10.9 Å². The van der Waals surface area contributed by atoms with Gasteiger partial charge in [-0.1, -0.05) is 48.0 Å². The van der Waals surface area contributed by atoms with Crippen LogP contribution in [-0.4, -0.2) is 9.97 Å². The molecule has 0 bridgehead atoms. The van der Waals surface area contributed by atoms with E-state index >= 15 is 0 Å². The number of H-pyrrole nitrogens is 1. The van der Waals surface area contributed by atoms with Gasteiger partial charge in [0.2, 0.25) is 0 Å². The van der Waals surface area contributed by atoms with E-state index in [0.717, 1.165) is 5.52 Å². The SMILES string of the molecule is Cc1ccc([C@H]([NH2+]Cc2nc3ccccc3c(=O)[nH]2)c2cccs2)cc1. The molecule has 2 heterocycles. The Hall–Kier alpha value is -2.76. The molecule has 2 aromatic heterocycles. The van der Waals surface area contributed by atoms with E-state index in [0.29, 0.717) is 17.8 Å². The average Bonchev–Trinajstić information content (AvgIpc) is 3.18. The molecule has 0 saturated heterocycles. The molecule has 0 fully saturated rings. The zero-order valence-corrected chi connectivity index (χ0v) is 15.3. The lowest BCUT2D eigenvalue weighted by Crippen LogP contribution is -2.84. The molecule has 5 heteroatoms. The fraction of sp³-hybridized carbons (Fsp3) is 0.143. The fourth-order valence-electron chi connectivity index (χ4n) is 3.12. The summed E-state index contributed by atoms with van der Waals surface area (Å²) in [7, 11) is 0. The van der Waals surface area contributed by atoms with Gasteiger partial charge >= 0.3 is 0 Å². The van der Waals surface area contributed by atoms with E-state index in [4.69, 9.17) is 0 Å². The van der Waals surface area contributed by atoms with Crippen LogP contribution in [0.3, 0.4) is 0 Å². The van der Waals surface area contributed by atoms with Gasteiger partial charge in [0.15, 0.2) is 5.82 Å². The Morgan fingerprint density at radius 1 is 1.08 bits per heavy atom. The van der Waals surface area contributed by atoms with Gasteiger partial charge < -0.3 is 10.3 Å². The van der Waals surface area contributed by atoms with Crippen molar-refractivity contribution in [3.8, 4) is 0 Å². The fourth-order valence-corrected chi connectivity index (χ4v) is 3.97. The molecule has 3 N–H and O–H groups in total. The highest BCUT2D eigenvalue weighted by Gasteiger charge is 2.19. The molecule has 0 aliphatic heterocycles.